The zero-order valence-corrected chi connectivity index (χ0v) is 13.2. The Morgan fingerprint density at radius 2 is 2.05 bits per heavy atom. The van der Waals surface area contributed by atoms with E-state index in [1.165, 1.54) is 0 Å². The van der Waals surface area contributed by atoms with Crippen molar-refractivity contribution in [2.24, 2.45) is 5.92 Å². The van der Waals surface area contributed by atoms with Crippen molar-refractivity contribution in [2.75, 3.05) is 6.54 Å². The number of amides is 1. The predicted octanol–water partition coefficient (Wildman–Crippen LogP) is 4.01. The third-order valence-electron chi connectivity index (χ3n) is 3.88. The van der Waals surface area contributed by atoms with E-state index < -0.39 is 0 Å². The number of alkyl halides is 1. The molecule has 1 aromatic carbocycles. The summed E-state index contributed by atoms with van der Waals surface area (Å²) >= 11 is 6.35. The highest BCUT2D eigenvalue weighted by Crippen LogP contribution is 2.18. The maximum Gasteiger partial charge on any atom is 0.251 e. The van der Waals surface area contributed by atoms with Crippen LogP contribution in [0.25, 0.3) is 10.9 Å². The van der Waals surface area contributed by atoms with E-state index in [1.54, 1.807) is 12.3 Å². The Morgan fingerprint density at radius 3 is 2.76 bits per heavy atom. The minimum atomic E-state index is -0.0858. The molecule has 0 aliphatic rings. The van der Waals surface area contributed by atoms with Gasteiger partial charge in [-0.25, -0.2) is 0 Å². The number of halogens is 1. The molecule has 0 bridgehead atoms. The molecule has 1 N–H and O–H groups in total. The molecule has 0 fully saturated rings. The molecule has 1 amide bonds. The molecule has 21 heavy (non-hydrogen) atoms. The molecular formula is C17H21ClN2O. The summed E-state index contributed by atoms with van der Waals surface area (Å²) in [6.07, 6.45) is 3.81. The molecule has 1 heterocycles. The predicted molar refractivity (Wildman–Crippen MR) is 87.8 cm³/mol. The summed E-state index contributed by atoms with van der Waals surface area (Å²) < 4.78 is 0. The third-order valence-corrected chi connectivity index (χ3v) is 4.39. The molecule has 2 rings (SSSR count). The lowest BCUT2D eigenvalue weighted by Gasteiger charge is -2.19. The highest BCUT2D eigenvalue weighted by atomic mass is 35.5. The van der Waals surface area contributed by atoms with Gasteiger partial charge in [-0.2, -0.15) is 0 Å². The number of fused-ring (bicyclic) bond motifs is 1. The number of aromatic nitrogens is 1. The van der Waals surface area contributed by atoms with E-state index in [0.29, 0.717) is 18.0 Å². The van der Waals surface area contributed by atoms with Crippen molar-refractivity contribution in [3.63, 3.8) is 0 Å². The quantitative estimate of drug-likeness (QED) is 0.819. The van der Waals surface area contributed by atoms with Crippen LogP contribution >= 0.6 is 11.6 Å². The van der Waals surface area contributed by atoms with Crippen LogP contribution in [0.2, 0.25) is 0 Å². The zero-order chi connectivity index (χ0) is 15.2. The van der Waals surface area contributed by atoms with E-state index in [-0.39, 0.29) is 11.3 Å². The molecule has 3 nitrogen and oxygen atoms in total. The smallest absolute Gasteiger partial charge is 0.251 e. The molecule has 4 heteroatoms. The Labute approximate surface area is 130 Å². The van der Waals surface area contributed by atoms with Gasteiger partial charge in [0, 0.05) is 23.7 Å². The largest absolute Gasteiger partial charge is 0.351 e. The number of benzene rings is 1. The van der Waals surface area contributed by atoms with Gasteiger partial charge < -0.3 is 5.32 Å². The number of nitrogens with one attached hydrogen (secondary N) is 1. The highest BCUT2D eigenvalue weighted by Gasteiger charge is 2.17. The Balaban J connectivity index is 2.02. The summed E-state index contributed by atoms with van der Waals surface area (Å²) in [5.41, 5.74) is 1.53. The van der Waals surface area contributed by atoms with Crippen molar-refractivity contribution >= 4 is 28.4 Å². The van der Waals surface area contributed by atoms with Gasteiger partial charge in [0.25, 0.3) is 5.91 Å². The fourth-order valence-corrected chi connectivity index (χ4v) is 2.91. The van der Waals surface area contributed by atoms with Crippen LogP contribution in [0, 0.1) is 5.92 Å². The Bertz CT molecular complexity index is 611. The van der Waals surface area contributed by atoms with E-state index in [4.69, 9.17) is 11.6 Å². The fraction of sp³-hybridized carbons (Fsp3) is 0.412. The maximum absolute atomic E-state index is 12.2. The minimum Gasteiger partial charge on any atom is -0.351 e. The van der Waals surface area contributed by atoms with Crippen molar-refractivity contribution in [1.82, 2.24) is 10.3 Å². The van der Waals surface area contributed by atoms with Gasteiger partial charge in [-0.1, -0.05) is 32.8 Å². The second-order valence-electron chi connectivity index (χ2n) is 5.21. The van der Waals surface area contributed by atoms with E-state index in [9.17, 15) is 4.79 Å². The molecule has 1 unspecified atom stereocenters. The molecule has 0 aliphatic heterocycles. The SMILES string of the molecule is CCC(CC)C(Cl)CNC(=O)c1ccc2ncccc2c1. The number of carbonyl (C=O) groups excluding carboxylic acids is 1. The number of nitrogens with zero attached hydrogens (tertiary/aromatic N) is 1. The highest BCUT2D eigenvalue weighted by molar-refractivity contribution is 6.21. The Kier molecular flexibility index (Phi) is 5.57. The van der Waals surface area contributed by atoms with Crippen LogP contribution in [0.4, 0.5) is 0 Å². The molecule has 0 saturated heterocycles. The summed E-state index contributed by atoms with van der Waals surface area (Å²) in [4.78, 5) is 16.5. The first kappa shape index (κ1) is 15.8. The van der Waals surface area contributed by atoms with Gasteiger partial charge in [-0.15, -0.1) is 11.6 Å². The van der Waals surface area contributed by atoms with Crippen LogP contribution in [-0.2, 0) is 0 Å². The molecular weight excluding hydrogens is 284 g/mol. The van der Waals surface area contributed by atoms with E-state index in [2.05, 4.69) is 24.1 Å². The number of carbonyl (C=O) groups is 1. The van der Waals surface area contributed by atoms with Crippen molar-refractivity contribution in [3.8, 4) is 0 Å². The van der Waals surface area contributed by atoms with Gasteiger partial charge in [0.1, 0.15) is 0 Å². The topological polar surface area (TPSA) is 42.0 Å². The van der Waals surface area contributed by atoms with Gasteiger partial charge in [-0.3, -0.25) is 9.78 Å². The molecule has 1 atom stereocenters. The first-order valence-electron chi connectivity index (χ1n) is 7.42. The molecule has 0 aliphatic carbocycles. The lowest BCUT2D eigenvalue weighted by molar-refractivity contribution is 0.0951. The number of hydrogen-bond acceptors (Lipinski definition) is 2. The summed E-state index contributed by atoms with van der Waals surface area (Å²) in [5, 5.41) is 3.86. The monoisotopic (exact) mass is 304 g/mol. The summed E-state index contributed by atoms with van der Waals surface area (Å²) in [6, 6.07) is 9.34. The van der Waals surface area contributed by atoms with Gasteiger partial charge >= 0.3 is 0 Å². The van der Waals surface area contributed by atoms with Crippen LogP contribution in [0.5, 0.6) is 0 Å². The molecule has 2 aromatic rings. The van der Waals surface area contributed by atoms with Crippen molar-refractivity contribution in [1.29, 1.82) is 0 Å². The first-order valence-corrected chi connectivity index (χ1v) is 7.86. The van der Waals surface area contributed by atoms with Crippen LogP contribution in [0.15, 0.2) is 36.5 Å². The summed E-state index contributed by atoms with van der Waals surface area (Å²) in [7, 11) is 0. The molecule has 0 saturated carbocycles. The van der Waals surface area contributed by atoms with Gasteiger partial charge in [0.2, 0.25) is 0 Å². The number of hydrogen-bond donors (Lipinski definition) is 1. The van der Waals surface area contributed by atoms with Gasteiger partial charge in [0.05, 0.1) is 10.9 Å². The summed E-state index contributed by atoms with van der Waals surface area (Å²) in [5.74, 6) is 0.352. The summed E-state index contributed by atoms with van der Waals surface area (Å²) in [6.45, 7) is 4.75. The van der Waals surface area contributed by atoms with Crippen molar-refractivity contribution in [3.05, 3.63) is 42.1 Å². The number of rotatable bonds is 6. The lowest BCUT2D eigenvalue weighted by atomic mass is 9.99. The lowest BCUT2D eigenvalue weighted by Crippen LogP contribution is -2.33. The molecule has 0 spiro atoms. The average Bonchev–Trinajstić information content (AvgIpc) is 2.53. The van der Waals surface area contributed by atoms with Crippen molar-refractivity contribution in [2.45, 2.75) is 32.1 Å². The van der Waals surface area contributed by atoms with E-state index in [1.807, 2.05) is 24.3 Å². The second-order valence-corrected chi connectivity index (χ2v) is 5.77. The normalized spacial score (nSPS) is 12.6. The number of pyridine rings is 1. The third kappa shape index (κ3) is 3.94. The standard InChI is InChI=1S/C17H21ClN2O/c1-3-12(4-2)15(18)11-20-17(21)14-7-8-16-13(10-14)6-5-9-19-16/h5-10,12,15H,3-4,11H2,1-2H3,(H,20,21). The zero-order valence-electron chi connectivity index (χ0n) is 12.5. The molecule has 0 radical (unpaired) electrons. The van der Waals surface area contributed by atoms with E-state index >= 15 is 0 Å². The van der Waals surface area contributed by atoms with E-state index in [0.717, 1.165) is 23.7 Å². The Morgan fingerprint density at radius 1 is 1.29 bits per heavy atom. The Hall–Kier alpha value is -1.61. The average molecular weight is 305 g/mol. The minimum absolute atomic E-state index is 0.0222. The van der Waals surface area contributed by atoms with Gasteiger partial charge in [-0.05, 0) is 30.2 Å². The second kappa shape index (κ2) is 7.41. The van der Waals surface area contributed by atoms with Crippen molar-refractivity contribution < 1.29 is 4.79 Å². The fourth-order valence-electron chi connectivity index (χ4n) is 2.48. The molecule has 112 valence electrons. The van der Waals surface area contributed by atoms with Crippen LogP contribution in [0.3, 0.4) is 0 Å². The van der Waals surface area contributed by atoms with Crippen LogP contribution in [-0.4, -0.2) is 22.8 Å². The molecule has 1 aromatic heterocycles. The maximum atomic E-state index is 12.2. The van der Waals surface area contributed by atoms with Crippen LogP contribution < -0.4 is 5.32 Å². The van der Waals surface area contributed by atoms with Crippen LogP contribution in [0.1, 0.15) is 37.0 Å². The first-order chi connectivity index (χ1) is 10.2. The van der Waals surface area contributed by atoms with Gasteiger partial charge in [0.15, 0.2) is 0 Å².